The van der Waals surface area contributed by atoms with E-state index < -0.39 is 0 Å². The van der Waals surface area contributed by atoms with Crippen LogP contribution in [0.3, 0.4) is 0 Å². The zero-order chi connectivity index (χ0) is 13.0. The molecule has 18 heavy (non-hydrogen) atoms. The second-order valence-electron chi connectivity index (χ2n) is 6.11. The van der Waals surface area contributed by atoms with Crippen LogP contribution >= 0.6 is 0 Å². The number of hydrogen-bond acceptors (Lipinski definition) is 2. The maximum atomic E-state index is 5.46. The first-order chi connectivity index (χ1) is 8.66. The van der Waals surface area contributed by atoms with Crippen molar-refractivity contribution in [1.82, 2.24) is 5.32 Å². The largest absolute Gasteiger partial charge is 0.468 e. The molecule has 102 valence electrons. The third-order valence-electron chi connectivity index (χ3n) is 4.41. The van der Waals surface area contributed by atoms with Gasteiger partial charge in [-0.15, -0.1) is 0 Å². The fourth-order valence-electron chi connectivity index (χ4n) is 3.14. The highest BCUT2D eigenvalue weighted by Crippen LogP contribution is 2.29. The molecule has 0 spiro atoms. The van der Waals surface area contributed by atoms with Crippen LogP contribution < -0.4 is 5.32 Å². The van der Waals surface area contributed by atoms with Gasteiger partial charge in [0.25, 0.3) is 0 Å². The minimum absolute atomic E-state index is 0.334. The molecule has 1 aromatic heterocycles. The Kier molecular flexibility index (Phi) is 4.87. The van der Waals surface area contributed by atoms with Gasteiger partial charge in [-0.2, -0.15) is 0 Å². The summed E-state index contributed by atoms with van der Waals surface area (Å²) in [7, 11) is 0. The first-order valence-corrected chi connectivity index (χ1v) is 7.46. The quantitative estimate of drug-likeness (QED) is 0.793. The molecule has 1 aliphatic rings. The lowest BCUT2D eigenvalue weighted by Gasteiger charge is -2.21. The molecule has 2 unspecified atom stereocenters. The smallest absolute Gasteiger partial charge is 0.120 e. The van der Waals surface area contributed by atoms with E-state index in [1.807, 2.05) is 6.07 Å². The molecule has 0 radical (unpaired) electrons. The van der Waals surface area contributed by atoms with E-state index in [1.165, 1.54) is 32.1 Å². The van der Waals surface area contributed by atoms with Crippen LogP contribution in [0.4, 0.5) is 0 Å². The second-order valence-corrected chi connectivity index (χ2v) is 6.11. The maximum absolute atomic E-state index is 5.46. The van der Waals surface area contributed by atoms with Crippen molar-refractivity contribution in [3.63, 3.8) is 0 Å². The van der Waals surface area contributed by atoms with Crippen molar-refractivity contribution >= 4 is 0 Å². The van der Waals surface area contributed by atoms with Gasteiger partial charge in [-0.05, 0) is 50.2 Å². The first-order valence-electron chi connectivity index (χ1n) is 7.46. The fourth-order valence-corrected chi connectivity index (χ4v) is 3.14. The number of hydrogen-bond donors (Lipinski definition) is 1. The molecular weight excluding hydrogens is 222 g/mol. The van der Waals surface area contributed by atoms with Crippen molar-refractivity contribution in [3.05, 3.63) is 24.2 Å². The third-order valence-corrected chi connectivity index (χ3v) is 4.41. The average molecular weight is 249 g/mol. The van der Waals surface area contributed by atoms with Crippen LogP contribution in [0.1, 0.15) is 64.7 Å². The maximum Gasteiger partial charge on any atom is 0.120 e. The zero-order valence-corrected chi connectivity index (χ0v) is 12.0. The van der Waals surface area contributed by atoms with Gasteiger partial charge < -0.3 is 9.73 Å². The number of nitrogens with one attached hydrogen (secondary N) is 1. The van der Waals surface area contributed by atoms with Crippen LogP contribution in [0.15, 0.2) is 22.8 Å². The summed E-state index contributed by atoms with van der Waals surface area (Å²) in [5.74, 6) is 2.82. The van der Waals surface area contributed by atoms with Gasteiger partial charge >= 0.3 is 0 Å². The molecule has 2 rings (SSSR count). The molecule has 3 atom stereocenters. The lowest BCUT2D eigenvalue weighted by molar-refractivity contribution is 0.330. The molecule has 0 saturated heterocycles. The predicted octanol–water partition coefficient (Wildman–Crippen LogP) is 4.54. The van der Waals surface area contributed by atoms with E-state index in [9.17, 15) is 0 Å². The molecule has 2 nitrogen and oxygen atoms in total. The topological polar surface area (TPSA) is 25.2 Å². The monoisotopic (exact) mass is 249 g/mol. The highest BCUT2D eigenvalue weighted by atomic mass is 16.3. The third kappa shape index (κ3) is 3.61. The first kappa shape index (κ1) is 13.7. The molecule has 1 heterocycles. The van der Waals surface area contributed by atoms with Crippen LogP contribution in [0.5, 0.6) is 0 Å². The molecule has 1 aliphatic carbocycles. The molecule has 1 aromatic rings. The Labute approximate surface area is 111 Å². The highest BCUT2D eigenvalue weighted by Gasteiger charge is 2.22. The fraction of sp³-hybridized carbons (Fsp3) is 0.750. The van der Waals surface area contributed by atoms with Gasteiger partial charge in [0, 0.05) is 6.04 Å². The zero-order valence-electron chi connectivity index (χ0n) is 12.0. The average Bonchev–Trinajstić information content (AvgIpc) is 2.77. The van der Waals surface area contributed by atoms with Crippen molar-refractivity contribution in [2.45, 2.75) is 65.0 Å². The number of furan rings is 1. The van der Waals surface area contributed by atoms with Crippen molar-refractivity contribution < 1.29 is 4.42 Å². The minimum atomic E-state index is 0.334. The van der Waals surface area contributed by atoms with Crippen molar-refractivity contribution in [1.29, 1.82) is 0 Å². The van der Waals surface area contributed by atoms with Crippen molar-refractivity contribution in [2.75, 3.05) is 0 Å². The van der Waals surface area contributed by atoms with Gasteiger partial charge in [-0.3, -0.25) is 0 Å². The SMILES string of the molecule is CC(C)C1CCCC(N[C@@H](C)c2ccco2)CC1. The lowest BCUT2D eigenvalue weighted by atomic mass is 9.89. The van der Waals surface area contributed by atoms with Gasteiger partial charge in [0.2, 0.25) is 0 Å². The van der Waals surface area contributed by atoms with Gasteiger partial charge in [0.15, 0.2) is 0 Å². The van der Waals surface area contributed by atoms with Gasteiger partial charge in [0.1, 0.15) is 5.76 Å². The lowest BCUT2D eigenvalue weighted by Crippen LogP contribution is -2.31. The Morgan fingerprint density at radius 2 is 2.00 bits per heavy atom. The van der Waals surface area contributed by atoms with Crippen LogP contribution in [0.25, 0.3) is 0 Å². The molecule has 1 fully saturated rings. The van der Waals surface area contributed by atoms with E-state index in [-0.39, 0.29) is 0 Å². The van der Waals surface area contributed by atoms with E-state index in [2.05, 4.69) is 32.2 Å². The molecule has 0 aromatic carbocycles. The Bertz CT molecular complexity index is 331. The van der Waals surface area contributed by atoms with Gasteiger partial charge in [-0.25, -0.2) is 0 Å². The van der Waals surface area contributed by atoms with E-state index in [0.717, 1.165) is 17.6 Å². The Hall–Kier alpha value is -0.760. The molecule has 0 amide bonds. The van der Waals surface area contributed by atoms with Crippen LogP contribution in [-0.4, -0.2) is 6.04 Å². The summed E-state index contributed by atoms with van der Waals surface area (Å²) in [6.07, 6.45) is 8.54. The Morgan fingerprint density at radius 3 is 2.67 bits per heavy atom. The summed E-state index contributed by atoms with van der Waals surface area (Å²) in [5, 5.41) is 3.73. The summed E-state index contributed by atoms with van der Waals surface area (Å²) in [4.78, 5) is 0. The van der Waals surface area contributed by atoms with Crippen LogP contribution in [0, 0.1) is 11.8 Å². The summed E-state index contributed by atoms with van der Waals surface area (Å²) < 4.78 is 5.46. The second kappa shape index (κ2) is 6.42. The normalized spacial score (nSPS) is 27.1. The molecule has 1 N–H and O–H groups in total. The summed E-state index contributed by atoms with van der Waals surface area (Å²) >= 11 is 0. The van der Waals surface area contributed by atoms with Crippen LogP contribution in [0.2, 0.25) is 0 Å². The summed E-state index contributed by atoms with van der Waals surface area (Å²) in [6, 6.07) is 5.02. The van der Waals surface area contributed by atoms with Gasteiger partial charge in [-0.1, -0.05) is 26.7 Å². The standard InChI is InChI=1S/C16H27NO/c1-12(2)14-6-4-7-15(10-9-14)17-13(3)16-8-5-11-18-16/h5,8,11-15,17H,4,6-7,9-10H2,1-3H3/t13-,14?,15?/m0/s1. The molecule has 0 bridgehead atoms. The summed E-state index contributed by atoms with van der Waals surface area (Å²) in [5.41, 5.74) is 0. The highest BCUT2D eigenvalue weighted by molar-refractivity contribution is 5.03. The Balaban J connectivity index is 1.83. The summed E-state index contributed by atoms with van der Waals surface area (Å²) in [6.45, 7) is 6.93. The van der Waals surface area contributed by atoms with Crippen LogP contribution in [-0.2, 0) is 0 Å². The predicted molar refractivity (Wildman–Crippen MR) is 75.5 cm³/mol. The van der Waals surface area contributed by atoms with E-state index in [4.69, 9.17) is 4.42 Å². The number of rotatable bonds is 4. The van der Waals surface area contributed by atoms with E-state index in [0.29, 0.717) is 12.1 Å². The van der Waals surface area contributed by atoms with Crippen molar-refractivity contribution in [2.24, 2.45) is 11.8 Å². The van der Waals surface area contributed by atoms with E-state index in [1.54, 1.807) is 6.26 Å². The molecular formula is C16H27NO. The molecule has 2 heteroatoms. The molecule has 0 aliphatic heterocycles. The van der Waals surface area contributed by atoms with E-state index >= 15 is 0 Å². The Morgan fingerprint density at radius 1 is 1.17 bits per heavy atom. The molecule has 1 saturated carbocycles. The minimum Gasteiger partial charge on any atom is -0.468 e. The van der Waals surface area contributed by atoms with Crippen molar-refractivity contribution in [3.8, 4) is 0 Å². The van der Waals surface area contributed by atoms with Gasteiger partial charge in [0.05, 0.1) is 12.3 Å².